The summed E-state index contributed by atoms with van der Waals surface area (Å²) in [6.07, 6.45) is 0.344. The van der Waals surface area contributed by atoms with E-state index in [1.165, 1.54) is 50.4 Å². The van der Waals surface area contributed by atoms with Gasteiger partial charge in [-0.3, -0.25) is 0 Å². The molecule has 24 heavy (non-hydrogen) atoms. The maximum atomic E-state index is 2.58. The third-order valence-corrected chi connectivity index (χ3v) is 6.76. The van der Waals surface area contributed by atoms with Gasteiger partial charge in [-0.25, -0.2) is 0 Å². The average molecular weight is 320 g/mol. The fourth-order valence-electron chi connectivity index (χ4n) is 4.93. The van der Waals surface area contributed by atoms with Crippen LogP contribution in [0.5, 0.6) is 0 Å². The van der Waals surface area contributed by atoms with E-state index in [0.717, 1.165) is 0 Å². The SMILES string of the molecule is Cc1c(C)c(C)c2c(c1C)N1c3c(cccc3C2(C)C)N(C)[C@H]1C. The molecular weight excluding hydrogens is 292 g/mol. The second kappa shape index (κ2) is 4.56. The quantitative estimate of drug-likeness (QED) is 0.633. The summed E-state index contributed by atoms with van der Waals surface area (Å²) in [7, 11) is 2.22. The Balaban J connectivity index is 2.19. The van der Waals surface area contributed by atoms with Gasteiger partial charge in [0.2, 0.25) is 0 Å². The highest BCUT2D eigenvalue weighted by molar-refractivity contribution is 5.93. The molecule has 126 valence electrons. The number of nitrogens with zero attached hydrogens (tertiary/aromatic N) is 2. The van der Waals surface area contributed by atoms with Crippen molar-refractivity contribution in [3.05, 3.63) is 51.6 Å². The molecule has 2 heterocycles. The lowest BCUT2D eigenvalue weighted by atomic mass is 9.70. The fourth-order valence-corrected chi connectivity index (χ4v) is 4.93. The minimum Gasteiger partial charge on any atom is -0.353 e. The first-order valence-corrected chi connectivity index (χ1v) is 8.96. The van der Waals surface area contributed by atoms with Crippen LogP contribution in [0, 0.1) is 27.7 Å². The van der Waals surface area contributed by atoms with Gasteiger partial charge in [0.1, 0.15) is 6.17 Å². The predicted octanol–water partition coefficient (Wildman–Crippen LogP) is 5.49. The molecule has 2 heteroatoms. The number of hydrogen-bond acceptors (Lipinski definition) is 2. The first-order valence-electron chi connectivity index (χ1n) is 8.96. The topological polar surface area (TPSA) is 6.48 Å². The summed E-state index contributed by atoms with van der Waals surface area (Å²) in [6, 6.07) is 6.81. The molecule has 2 aliphatic rings. The first kappa shape index (κ1) is 15.6. The highest BCUT2D eigenvalue weighted by Crippen LogP contribution is 2.58. The zero-order valence-electron chi connectivity index (χ0n) is 16.2. The largest absolute Gasteiger partial charge is 0.353 e. The van der Waals surface area contributed by atoms with Crippen LogP contribution in [0.15, 0.2) is 18.2 Å². The standard InChI is InChI=1S/C22H28N2/c1-12-13(2)15(4)20-19(14(12)3)22(6,7)17-10-9-11-18-21(17)24(20)16(5)23(18)8/h9-11,16H,1-8H3/t16-/m1/s1. The van der Waals surface area contributed by atoms with Crippen LogP contribution in [0.4, 0.5) is 17.1 Å². The van der Waals surface area contributed by atoms with Crippen molar-refractivity contribution in [2.75, 3.05) is 16.8 Å². The van der Waals surface area contributed by atoms with Crippen molar-refractivity contribution < 1.29 is 0 Å². The molecule has 0 spiro atoms. The molecule has 0 saturated heterocycles. The molecule has 2 aromatic carbocycles. The van der Waals surface area contributed by atoms with Crippen LogP contribution in [0.25, 0.3) is 0 Å². The van der Waals surface area contributed by atoms with Gasteiger partial charge >= 0.3 is 0 Å². The number of benzene rings is 2. The highest BCUT2D eigenvalue weighted by Gasteiger charge is 2.45. The normalized spacial score (nSPS) is 20.2. The summed E-state index contributed by atoms with van der Waals surface area (Å²) in [6.45, 7) is 16.3. The van der Waals surface area contributed by atoms with E-state index >= 15 is 0 Å². The van der Waals surface area contributed by atoms with Crippen molar-refractivity contribution in [2.24, 2.45) is 0 Å². The third-order valence-electron chi connectivity index (χ3n) is 6.76. The Bertz CT molecular complexity index is 876. The van der Waals surface area contributed by atoms with Gasteiger partial charge in [0.25, 0.3) is 0 Å². The van der Waals surface area contributed by atoms with E-state index in [1.807, 2.05) is 0 Å². The Morgan fingerprint density at radius 2 is 1.50 bits per heavy atom. The van der Waals surface area contributed by atoms with Crippen LogP contribution in [0.2, 0.25) is 0 Å². The second-order valence-corrected chi connectivity index (χ2v) is 8.13. The van der Waals surface area contributed by atoms with Crippen LogP contribution < -0.4 is 9.80 Å². The monoisotopic (exact) mass is 320 g/mol. The molecule has 2 nitrogen and oxygen atoms in total. The Kier molecular flexibility index (Phi) is 2.96. The number of hydrogen-bond donors (Lipinski definition) is 0. The zero-order valence-corrected chi connectivity index (χ0v) is 16.2. The Labute approximate surface area is 146 Å². The maximum Gasteiger partial charge on any atom is 0.103 e. The second-order valence-electron chi connectivity index (χ2n) is 8.13. The van der Waals surface area contributed by atoms with Gasteiger partial charge in [-0.2, -0.15) is 0 Å². The van der Waals surface area contributed by atoms with Crippen LogP contribution in [-0.2, 0) is 5.41 Å². The molecule has 0 unspecified atom stereocenters. The molecule has 0 radical (unpaired) electrons. The van der Waals surface area contributed by atoms with E-state index in [-0.39, 0.29) is 5.41 Å². The van der Waals surface area contributed by atoms with Crippen molar-refractivity contribution >= 4 is 17.1 Å². The van der Waals surface area contributed by atoms with Crippen molar-refractivity contribution in [3.63, 3.8) is 0 Å². The first-order chi connectivity index (χ1) is 11.2. The van der Waals surface area contributed by atoms with Crippen molar-refractivity contribution in [2.45, 2.75) is 60.0 Å². The number of para-hydroxylation sites is 1. The van der Waals surface area contributed by atoms with Gasteiger partial charge in [0, 0.05) is 12.5 Å². The third kappa shape index (κ3) is 1.57. The predicted molar refractivity (Wildman–Crippen MR) is 104 cm³/mol. The Morgan fingerprint density at radius 1 is 0.875 bits per heavy atom. The summed E-state index contributed by atoms with van der Waals surface area (Å²) >= 11 is 0. The van der Waals surface area contributed by atoms with Gasteiger partial charge in [-0.1, -0.05) is 26.0 Å². The minimum absolute atomic E-state index is 0.0232. The van der Waals surface area contributed by atoms with E-state index in [4.69, 9.17) is 0 Å². The molecule has 2 aromatic rings. The lowest BCUT2D eigenvalue weighted by Gasteiger charge is -2.44. The number of rotatable bonds is 0. The van der Waals surface area contributed by atoms with Gasteiger partial charge in [-0.15, -0.1) is 0 Å². The van der Waals surface area contributed by atoms with Crippen molar-refractivity contribution in [1.82, 2.24) is 0 Å². The van der Waals surface area contributed by atoms with E-state index in [2.05, 4.69) is 83.5 Å². The molecule has 0 aromatic heterocycles. The van der Waals surface area contributed by atoms with E-state index in [1.54, 1.807) is 0 Å². The van der Waals surface area contributed by atoms with Gasteiger partial charge in [0.05, 0.1) is 17.1 Å². The highest BCUT2D eigenvalue weighted by atomic mass is 15.4. The summed E-state index contributed by atoms with van der Waals surface area (Å²) in [5, 5.41) is 0. The van der Waals surface area contributed by atoms with E-state index in [0.29, 0.717) is 6.17 Å². The molecule has 1 atom stereocenters. The Hall–Kier alpha value is -1.96. The van der Waals surface area contributed by atoms with Crippen molar-refractivity contribution in [1.29, 1.82) is 0 Å². The molecule has 0 fully saturated rings. The summed E-state index contributed by atoms with van der Waals surface area (Å²) in [4.78, 5) is 4.99. The number of anilines is 3. The smallest absolute Gasteiger partial charge is 0.103 e. The van der Waals surface area contributed by atoms with Crippen LogP contribution >= 0.6 is 0 Å². The summed E-state index contributed by atoms with van der Waals surface area (Å²) in [5.41, 5.74) is 13.0. The fraction of sp³-hybridized carbons (Fsp3) is 0.455. The molecule has 0 N–H and O–H groups in total. The molecule has 4 rings (SSSR count). The molecular formula is C22H28N2. The zero-order chi connectivity index (χ0) is 17.5. The molecule has 0 amide bonds. The average Bonchev–Trinajstić information content (AvgIpc) is 2.80. The Morgan fingerprint density at radius 3 is 2.17 bits per heavy atom. The van der Waals surface area contributed by atoms with Crippen LogP contribution in [-0.4, -0.2) is 13.2 Å². The van der Waals surface area contributed by atoms with Gasteiger partial charge in [-0.05, 0) is 74.1 Å². The van der Waals surface area contributed by atoms with E-state index in [9.17, 15) is 0 Å². The summed E-state index contributed by atoms with van der Waals surface area (Å²) in [5.74, 6) is 0. The lowest BCUT2D eigenvalue weighted by Crippen LogP contribution is -2.40. The molecule has 0 bridgehead atoms. The molecule has 2 aliphatic heterocycles. The molecule has 0 aliphatic carbocycles. The molecule has 0 saturated carbocycles. The van der Waals surface area contributed by atoms with Crippen LogP contribution in [0.3, 0.4) is 0 Å². The van der Waals surface area contributed by atoms with Gasteiger partial charge in [0.15, 0.2) is 0 Å². The van der Waals surface area contributed by atoms with Crippen molar-refractivity contribution in [3.8, 4) is 0 Å². The van der Waals surface area contributed by atoms with Gasteiger partial charge < -0.3 is 9.80 Å². The summed E-state index contributed by atoms with van der Waals surface area (Å²) < 4.78 is 0. The number of fused-ring (bicyclic) bond motifs is 2. The minimum atomic E-state index is 0.0232. The van der Waals surface area contributed by atoms with Crippen LogP contribution in [0.1, 0.15) is 54.2 Å². The van der Waals surface area contributed by atoms with E-state index < -0.39 is 0 Å². The lowest BCUT2D eigenvalue weighted by molar-refractivity contribution is 0.609. The maximum absolute atomic E-state index is 2.58.